The number of oxime groups is 1. The van der Waals surface area contributed by atoms with E-state index in [2.05, 4.69) is 10.5 Å². The van der Waals surface area contributed by atoms with Crippen LogP contribution < -0.4 is 11.1 Å². The number of halogens is 2. The molecular formula is C9H11ClFN3O. The van der Waals surface area contributed by atoms with Gasteiger partial charge in [-0.05, 0) is 19.1 Å². The molecule has 1 aromatic rings. The molecule has 6 heteroatoms. The summed E-state index contributed by atoms with van der Waals surface area (Å²) < 4.78 is 13.3. The van der Waals surface area contributed by atoms with Crippen molar-refractivity contribution in [3.8, 4) is 0 Å². The molecule has 4 nitrogen and oxygen atoms in total. The van der Waals surface area contributed by atoms with Gasteiger partial charge in [0.1, 0.15) is 5.82 Å². The van der Waals surface area contributed by atoms with Crippen LogP contribution >= 0.6 is 11.6 Å². The van der Waals surface area contributed by atoms with Gasteiger partial charge in [-0.1, -0.05) is 22.8 Å². The van der Waals surface area contributed by atoms with Crippen molar-refractivity contribution in [2.24, 2.45) is 10.9 Å². The van der Waals surface area contributed by atoms with Gasteiger partial charge in [-0.3, -0.25) is 0 Å². The van der Waals surface area contributed by atoms with Crippen LogP contribution in [0.3, 0.4) is 0 Å². The van der Waals surface area contributed by atoms with E-state index in [1.54, 1.807) is 13.0 Å². The van der Waals surface area contributed by atoms with Crippen molar-refractivity contribution in [3.63, 3.8) is 0 Å². The maximum Gasteiger partial charge on any atom is 0.161 e. The lowest BCUT2D eigenvalue weighted by molar-refractivity contribution is 0.316. The molecule has 1 atom stereocenters. The summed E-state index contributed by atoms with van der Waals surface area (Å²) in [5, 5.41) is 14.2. The van der Waals surface area contributed by atoms with Gasteiger partial charge in [-0.25, -0.2) is 4.39 Å². The number of nitrogens with one attached hydrogen (secondary N) is 1. The second-order valence-electron chi connectivity index (χ2n) is 2.99. The van der Waals surface area contributed by atoms with Gasteiger partial charge >= 0.3 is 0 Å². The number of benzene rings is 1. The summed E-state index contributed by atoms with van der Waals surface area (Å²) in [6.07, 6.45) is 0. The number of hydrogen-bond donors (Lipinski definition) is 3. The van der Waals surface area contributed by atoms with Gasteiger partial charge in [0.05, 0.1) is 16.8 Å². The Hall–Kier alpha value is -1.49. The maximum absolute atomic E-state index is 13.3. The standard InChI is InChI=1S/C9H11ClFN3O/c1-5(9(12)14-15)13-8-6(10)3-2-4-7(8)11/h2-5,13,15H,1H3,(H2,12,14). The Morgan fingerprint density at radius 1 is 1.67 bits per heavy atom. The Balaban J connectivity index is 2.90. The summed E-state index contributed by atoms with van der Waals surface area (Å²) in [4.78, 5) is 0. The molecule has 0 saturated heterocycles. The van der Waals surface area contributed by atoms with Crippen LogP contribution in [0.1, 0.15) is 6.92 Å². The van der Waals surface area contributed by atoms with Crippen molar-refractivity contribution in [3.05, 3.63) is 29.0 Å². The summed E-state index contributed by atoms with van der Waals surface area (Å²) in [5.41, 5.74) is 5.47. The van der Waals surface area contributed by atoms with E-state index < -0.39 is 11.9 Å². The molecule has 0 fully saturated rings. The molecule has 0 heterocycles. The zero-order chi connectivity index (χ0) is 11.4. The Morgan fingerprint density at radius 3 is 2.87 bits per heavy atom. The monoisotopic (exact) mass is 231 g/mol. The summed E-state index contributed by atoms with van der Waals surface area (Å²) >= 11 is 5.78. The van der Waals surface area contributed by atoms with Crippen LogP contribution in [0.15, 0.2) is 23.4 Å². The number of nitrogens with two attached hydrogens (primary N) is 1. The third-order valence-corrected chi connectivity index (χ3v) is 2.20. The lowest BCUT2D eigenvalue weighted by Gasteiger charge is -2.15. The molecule has 0 saturated carbocycles. The molecule has 0 aliphatic rings. The van der Waals surface area contributed by atoms with Crippen molar-refractivity contribution in [1.29, 1.82) is 0 Å². The van der Waals surface area contributed by atoms with Gasteiger partial charge in [-0.15, -0.1) is 0 Å². The molecule has 4 N–H and O–H groups in total. The molecule has 0 spiro atoms. The van der Waals surface area contributed by atoms with Gasteiger partial charge in [0.25, 0.3) is 0 Å². The van der Waals surface area contributed by atoms with Gasteiger partial charge in [0.2, 0.25) is 0 Å². The predicted octanol–water partition coefficient (Wildman–Crippen LogP) is 2.03. The van der Waals surface area contributed by atoms with Gasteiger partial charge in [0.15, 0.2) is 5.84 Å². The first-order valence-corrected chi connectivity index (χ1v) is 4.62. The molecule has 1 aromatic carbocycles. The first-order valence-electron chi connectivity index (χ1n) is 4.24. The van der Waals surface area contributed by atoms with E-state index in [0.29, 0.717) is 0 Å². The van der Waals surface area contributed by atoms with Crippen molar-refractivity contribution in [2.75, 3.05) is 5.32 Å². The SMILES string of the molecule is CC(Nc1c(F)cccc1Cl)/C(N)=N/O. The molecule has 0 radical (unpaired) electrons. The topological polar surface area (TPSA) is 70.6 Å². The van der Waals surface area contributed by atoms with Crippen molar-refractivity contribution in [2.45, 2.75) is 13.0 Å². The molecule has 0 aliphatic heterocycles. The van der Waals surface area contributed by atoms with Gasteiger partial charge in [0, 0.05) is 0 Å². The summed E-state index contributed by atoms with van der Waals surface area (Å²) in [6.45, 7) is 1.62. The summed E-state index contributed by atoms with van der Waals surface area (Å²) in [5.74, 6) is -0.533. The number of para-hydroxylation sites is 1. The lowest BCUT2D eigenvalue weighted by Crippen LogP contribution is -2.33. The van der Waals surface area contributed by atoms with E-state index >= 15 is 0 Å². The van der Waals surface area contributed by atoms with Crippen molar-refractivity contribution in [1.82, 2.24) is 0 Å². The smallest absolute Gasteiger partial charge is 0.161 e. The van der Waals surface area contributed by atoms with Gasteiger partial charge in [-0.2, -0.15) is 0 Å². The highest BCUT2D eigenvalue weighted by Gasteiger charge is 2.12. The Morgan fingerprint density at radius 2 is 2.33 bits per heavy atom. The number of rotatable bonds is 3. The summed E-state index contributed by atoms with van der Waals surface area (Å²) in [6, 6.07) is 3.81. The number of nitrogens with zero attached hydrogens (tertiary/aromatic N) is 1. The van der Waals surface area contributed by atoms with Crippen LogP contribution in [-0.2, 0) is 0 Å². The fourth-order valence-electron chi connectivity index (χ4n) is 1.01. The van der Waals surface area contributed by atoms with Crippen LogP contribution in [0, 0.1) is 5.82 Å². The highest BCUT2D eigenvalue weighted by molar-refractivity contribution is 6.33. The van der Waals surface area contributed by atoms with E-state index in [9.17, 15) is 4.39 Å². The molecule has 1 unspecified atom stereocenters. The lowest BCUT2D eigenvalue weighted by atomic mass is 10.2. The fourth-order valence-corrected chi connectivity index (χ4v) is 1.23. The molecule has 82 valence electrons. The zero-order valence-corrected chi connectivity index (χ0v) is 8.79. The zero-order valence-electron chi connectivity index (χ0n) is 8.04. The second-order valence-corrected chi connectivity index (χ2v) is 3.39. The van der Waals surface area contributed by atoms with E-state index in [-0.39, 0.29) is 16.5 Å². The summed E-state index contributed by atoms with van der Waals surface area (Å²) in [7, 11) is 0. The number of amidine groups is 1. The molecule has 0 aliphatic carbocycles. The molecule has 0 aromatic heterocycles. The van der Waals surface area contributed by atoms with E-state index in [1.807, 2.05) is 0 Å². The van der Waals surface area contributed by atoms with E-state index in [0.717, 1.165) is 0 Å². The minimum absolute atomic E-state index is 0.0469. The largest absolute Gasteiger partial charge is 0.409 e. The minimum Gasteiger partial charge on any atom is -0.409 e. The van der Waals surface area contributed by atoms with E-state index in [1.165, 1.54) is 12.1 Å². The normalized spacial score (nSPS) is 13.7. The van der Waals surface area contributed by atoms with Crippen LogP contribution in [0.5, 0.6) is 0 Å². The third kappa shape index (κ3) is 2.73. The average Bonchev–Trinajstić information content (AvgIpc) is 2.22. The first-order chi connectivity index (χ1) is 7.06. The molecular weight excluding hydrogens is 221 g/mol. The minimum atomic E-state index is -0.510. The fraction of sp³-hybridized carbons (Fsp3) is 0.222. The van der Waals surface area contributed by atoms with Crippen molar-refractivity contribution < 1.29 is 9.60 Å². The van der Waals surface area contributed by atoms with E-state index in [4.69, 9.17) is 22.5 Å². The Bertz CT molecular complexity index is 363. The van der Waals surface area contributed by atoms with Crippen LogP contribution in [0.2, 0.25) is 5.02 Å². The second kappa shape index (κ2) is 4.84. The molecule has 0 bridgehead atoms. The van der Waals surface area contributed by atoms with Gasteiger partial charge < -0.3 is 16.3 Å². The highest BCUT2D eigenvalue weighted by atomic mass is 35.5. The first kappa shape index (κ1) is 11.6. The molecule has 0 amide bonds. The molecule has 1 rings (SSSR count). The molecule has 15 heavy (non-hydrogen) atoms. The highest BCUT2D eigenvalue weighted by Crippen LogP contribution is 2.25. The quantitative estimate of drug-likeness (QED) is 0.323. The third-order valence-electron chi connectivity index (χ3n) is 1.88. The number of anilines is 1. The van der Waals surface area contributed by atoms with Crippen LogP contribution in [-0.4, -0.2) is 17.1 Å². The van der Waals surface area contributed by atoms with Crippen molar-refractivity contribution >= 4 is 23.1 Å². The number of hydrogen-bond acceptors (Lipinski definition) is 3. The maximum atomic E-state index is 13.3. The average molecular weight is 232 g/mol. The predicted molar refractivity (Wildman–Crippen MR) is 57.9 cm³/mol. The van der Waals surface area contributed by atoms with Crippen LogP contribution in [0.25, 0.3) is 0 Å². The van der Waals surface area contributed by atoms with Crippen LogP contribution in [0.4, 0.5) is 10.1 Å². The Kier molecular flexibility index (Phi) is 3.74. The Labute approximate surface area is 91.5 Å².